The van der Waals surface area contributed by atoms with Crippen LogP contribution in [0.2, 0.25) is 0 Å². The standard InChI is InChI=1S/C7H7BrO4/c8-6-3-1-5(2-4-6)7(11-9)12-10/h1-4,7,9-10H. The number of benzene rings is 1. The van der Waals surface area contributed by atoms with Crippen molar-refractivity contribution in [2.24, 2.45) is 0 Å². The second kappa shape index (κ2) is 4.54. The van der Waals surface area contributed by atoms with Gasteiger partial charge < -0.3 is 0 Å². The average Bonchev–Trinajstić information content (AvgIpc) is 2.10. The van der Waals surface area contributed by atoms with Crippen LogP contribution in [-0.2, 0) is 9.78 Å². The van der Waals surface area contributed by atoms with E-state index in [4.69, 9.17) is 10.5 Å². The maximum Gasteiger partial charge on any atom is 0.248 e. The van der Waals surface area contributed by atoms with Crippen LogP contribution in [0.15, 0.2) is 28.7 Å². The molecule has 0 aliphatic carbocycles. The maximum absolute atomic E-state index is 8.25. The van der Waals surface area contributed by atoms with Crippen molar-refractivity contribution in [2.45, 2.75) is 6.29 Å². The Bertz CT molecular complexity index is 232. The minimum Gasteiger partial charge on any atom is -0.249 e. The summed E-state index contributed by atoms with van der Waals surface area (Å²) in [5.74, 6) is 0. The molecule has 0 aromatic heterocycles. The smallest absolute Gasteiger partial charge is 0.248 e. The molecule has 0 unspecified atom stereocenters. The Morgan fingerprint density at radius 3 is 2.00 bits per heavy atom. The molecule has 2 N–H and O–H groups in total. The summed E-state index contributed by atoms with van der Waals surface area (Å²) < 4.78 is 0.890. The molecule has 1 rings (SSSR count). The summed E-state index contributed by atoms with van der Waals surface area (Å²) in [5, 5.41) is 16.5. The molecule has 12 heavy (non-hydrogen) atoms. The first-order chi connectivity index (χ1) is 5.77. The van der Waals surface area contributed by atoms with Crippen molar-refractivity contribution in [1.82, 2.24) is 0 Å². The van der Waals surface area contributed by atoms with Crippen LogP contribution >= 0.6 is 15.9 Å². The van der Waals surface area contributed by atoms with Gasteiger partial charge in [-0.15, -0.1) is 0 Å². The fraction of sp³-hybridized carbons (Fsp3) is 0.143. The zero-order valence-corrected chi connectivity index (χ0v) is 7.56. The topological polar surface area (TPSA) is 58.9 Å². The van der Waals surface area contributed by atoms with Gasteiger partial charge in [0.1, 0.15) is 0 Å². The van der Waals surface area contributed by atoms with Gasteiger partial charge in [0.05, 0.1) is 0 Å². The van der Waals surface area contributed by atoms with E-state index in [1.807, 2.05) is 0 Å². The Hall–Kier alpha value is -0.460. The summed E-state index contributed by atoms with van der Waals surface area (Å²) in [6, 6.07) is 6.75. The van der Waals surface area contributed by atoms with Crippen molar-refractivity contribution in [3.63, 3.8) is 0 Å². The zero-order chi connectivity index (χ0) is 8.97. The molecule has 1 aromatic carbocycles. The molecule has 1 aromatic rings. The van der Waals surface area contributed by atoms with Crippen molar-refractivity contribution >= 4 is 15.9 Å². The van der Waals surface area contributed by atoms with Gasteiger partial charge in [-0.1, -0.05) is 28.1 Å². The molecule has 0 radical (unpaired) electrons. The molecule has 4 nitrogen and oxygen atoms in total. The van der Waals surface area contributed by atoms with Crippen molar-refractivity contribution in [3.8, 4) is 0 Å². The molecule has 0 aliphatic heterocycles. The van der Waals surface area contributed by atoms with Gasteiger partial charge in [-0.25, -0.2) is 10.5 Å². The van der Waals surface area contributed by atoms with Crippen LogP contribution in [0.25, 0.3) is 0 Å². The first-order valence-corrected chi connectivity index (χ1v) is 3.93. The predicted octanol–water partition coefficient (Wildman–Crippen LogP) is 2.43. The van der Waals surface area contributed by atoms with E-state index in [2.05, 4.69) is 25.7 Å². The highest BCUT2D eigenvalue weighted by atomic mass is 79.9. The van der Waals surface area contributed by atoms with E-state index in [0.717, 1.165) is 4.47 Å². The van der Waals surface area contributed by atoms with Gasteiger partial charge in [0.15, 0.2) is 0 Å². The molecular formula is C7H7BrO4. The fourth-order valence-electron chi connectivity index (χ4n) is 0.761. The summed E-state index contributed by atoms with van der Waals surface area (Å²) in [4.78, 5) is 7.68. The molecule has 0 spiro atoms. The average molecular weight is 235 g/mol. The second-order valence-electron chi connectivity index (χ2n) is 2.09. The number of hydrogen-bond donors (Lipinski definition) is 2. The Labute approximate surface area is 77.3 Å². The number of hydrogen-bond acceptors (Lipinski definition) is 4. The number of halogens is 1. The molecule has 0 saturated heterocycles. The third kappa shape index (κ3) is 2.26. The van der Waals surface area contributed by atoms with Crippen LogP contribution in [0.4, 0.5) is 0 Å². The van der Waals surface area contributed by atoms with E-state index < -0.39 is 6.29 Å². The Kier molecular flexibility index (Phi) is 3.64. The minimum absolute atomic E-state index is 0.517. The van der Waals surface area contributed by atoms with E-state index in [-0.39, 0.29) is 0 Å². The molecule has 0 aliphatic rings. The van der Waals surface area contributed by atoms with Gasteiger partial charge in [-0.3, -0.25) is 0 Å². The van der Waals surface area contributed by atoms with E-state index >= 15 is 0 Å². The summed E-state index contributed by atoms with van der Waals surface area (Å²) in [6.07, 6.45) is -1.15. The van der Waals surface area contributed by atoms with Crippen LogP contribution in [0.3, 0.4) is 0 Å². The third-order valence-corrected chi connectivity index (χ3v) is 1.86. The van der Waals surface area contributed by atoms with Gasteiger partial charge in [-0.2, -0.15) is 9.78 Å². The number of rotatable bonds is 3. The lowest BCUT2D eigenvalue weighted by Crippen LogP contribution is -2.03. The lowest BCUT2D eigenvalue weighted by molar-refractivity contribution is -0.437. The molecule has 0 saturated carbocycles. The largest absolute Gasteiger partial charge is 0.249 e. The highest BCUT2D eigenvalue weighted by molar-refractivity contribution is 9.10. The molecule has 0 heterocycles. The van der Waals surface area contributed by atoms with E-state index in [1.165, 1.54) is 0 Å². The second-order valence-corrected chi connectivity index (χ2v) is 3.01. The molecule has 66 valence electrons. The van der Waals surface area contributed by atoms with Gasteiger partial charge in [0.2, 0.25) is 6.29 Å². The van der Waals surface area contributed by atoms with E-state index in [9.17, 15) is 0 Å². The SMILES string of the molecule is OOC(OO)c1ccc(Br)cc1. The lowest BCUT2D eigenvalue weighted by Gasteiger charge is -2.08. The molecular weight excluding hydrogens is 228 g/mol. The molecule has 0 amide bonds. The quantitative estimate of drug-likeness (QED) is 0.479. The van der Waals surface area contributed by atoms with Gasteiger partial charge in [0, 0.05) is 10.0 Å². The highest BCUT2D eigenvalue weighted by Crippen LogP contribution is 2.19. The molecule has 0 atom stereocenters. The summed E-state index contributed by atoms with van der Waals surface area (Å²) >= 11 is 3.23. The Morgan fingerprint density at radius 2 is 1.58 bits per heavy atom. The summed E-state index contributed by atoms with van der Waals surface area (Å²) in [6.45, 7) is 0. The van der Waals surface area contributed by atoms with Crippen molar-refractivity contribution < 1.29 is 20.3 Å². The van der Waals surface area contributed by atoms with Crippen LogP contribution in [-0.4, -0.2) is 10.5 Å². The fourth-order valence-corrected chi connectivity index (χ4v) is 1.03. The van der Waals surface area contributed by atoms with Gasteiger partial charge in [0.25, 0.3) is 0 Å². The normalized spacial score (nSPS) is 10.7. The van der Waals surface area contributed by atoms with E-state index in [1.54, 1.807) is 24.3 Å². The Balaban J connectivity index is 2.80. The minimum atomic E-state index is -1.15. The first kappa shape index (κ1) is 9.63. The predicted molar refractivity (Wildman–Crippen MR) is 44.3 cm³/mol. The van der Waals surface area contributed by atoms with Gasteiger partial charge in [-0.05, 0) is 12.1 Å². The lowest BCUT2D eigenvalue weighted by atomic mass is 10.2. The summed E-state index contributed by atoms with van der Waals surface area (Å²) in [7, 11) is 0. The van der Waals surface area contributed by atoms with Crippen LogP contribution in [0.5, 0.6) is 0 Å². The summed E-state index contributed by atoms with van der Waals surface area (Å²) in [5.41, 5.74) is 0.517. The Morgan fingerprint density at radius 1 is 1.08 bits per heavy atom. The first-order valence-electron chi connectivity index (χ1n) is 3.14. The van der Waals surface area contributed by atoms with Crippen molar-refractivity contribution in [1.29, 1.82) is 0 Å². The van der Waals surface area contributed by atoms with Crippen LogP contribution in [0, 0.1) is 0 Å². The molecule has 0 bridgehead atoms. The molecule has 0 fully saturated rings. The third-order valence-electron chi connectivity index (χ3n) is 1.33. The highest BCUT2D eigenvalue weighted by Gasteiger charge is 2.11. The van der Waals surface area contributed by atoms with Crippen LogP contribution < -0.4 is 0 Å². The van der Waals surface area contributed by atoms with Crippen molar-refractivity contribution in [3.05, 3.63) is 34.3 Å². The van der Waals surface area contributed by atoms with E-state index in [0.29, 0.717) is 5.56 Å². The zero-order valence-electron chi connectivity index (χ0n) is 5.98. The molecule has 5 heteroatoms. The maximum atomic E-state index is 8.25. The van der Waals surface area contributed by atoms with Crippen LogP contribution in [0.1, 0.15) is 11.9 Å². The van der Waals surface area contributed by atoms with Crippen molar-refractivity contribution in [2.75, 3.05) is 0 Å². The monoisotopic (exact) mass is 234 g/mol. The van der Waals surface area contributed by atoms with Gasteiger partial charge >= 0.3 is 0 Å².